The van der Waals surface area contributed by atoms with Crippen molar-refractivity contribution in [1.29, 1.82) is 0 Å². The molecule has 1 saturated heterocycles. The Balaban J connectivity index is 1.23. The first-order chi connectivity index (χ1) is 15.7. The first-order valence-electron chi connectivity index (χ1n) is 11.9. The van der Waals surface area contributed by atoms with Crippen molar-refractivity contribution in [2.45, 2.75) is 57.0 Å². The molecule has 6 rings (SSSR count). The number of aromatic nitrogens is 4. The quantitative estimate of drug-likeness (QED) is 0.610. The summed E-state index contributed by atoms with van der Waals surface area (Å²) in [5, 5.41) is 12.8. The van der Waals surface area contributed by atoms with Crippen molar-refractivity contribution in [1.82, 2.24) is 24.6 Å². The molecule has 2 N–H and O–H groups in total. The first kappa shape index (κ1) is 20.4. The third-order valence-corrected chi connectivity index (χ3v) is 8.30. The Morgan fingerprint density at radius 2 is 1.94 bits per heavy atom. The molecule has 3 aliphatic rings. The summed E-state index contributed by atoms with van der Waals surface area (Å²) in [5.74, 6) is 2.40. The van der Waals surface area contributed by atoms with Crippen LogP contribution in [0.25, 0.3) is 10.2 Å². The lowest BCUT2D eigenvalue weighted by Crippen LogP contribution is -2.46. The number of morpholine rings is 1. The van der Waals surface area contributed by atoms with Gasteiger partial charge < -0.3 is 15.4 Å². The molecule has 9 heteroatoms. The highest BCUT2D eigenvalue weighted by Crippen LogP contribution is 2.41. The minimum absolute atomic E-state index is 0.463. The molecule has 0 aromatic carbocycles. The predicted octanol–water partition coefficient (Wildman–Crippen LogP) is 3.71. The van der Waals surface area contributed by atoms with E-state index in [9.17, 15) is 0 Å². The lowest BCUT2D eigenvalue weighted by molar-refractivity contribution is 0.00791. The summed E-state index contributed by atoms with van der Waals surface area (Å²) in [6, 6.07) is 3.11. The van der Waals surface area contributed by atoms with E-state index in [2.05, 4.69) is 20.6 Å². The molecule has 0 spiro atoms. The Kier molecular flexibility index (Phi) is 5.48. The average molecular weight is 454 g/mol. The minimum Gasteiger partial charge on any atom is -0.379 e. The largest absolute Gasteiger partial charge is 0.379 e. The van der Waals surface area contributed by atoms with Gasteiger partial charge in [-0.1, -0.05) is 0 Å². The summed E-state index contributed by atoms with van der Waals surface area (Å²) in [6.45, 7) is 3.93. The van der Waals surface area contributed by atoms with Crippen LogP contribution in [-0.4, -0.2) is 63.0 Å². The standard InChI is InChI=1S/C23H31N7OS/c1-29-10-9-19(28-29)25-23-26-21(20-17-3-2-4-18(17)32-22(20)27-23)24-15-5-7-16(8-6-15)30-11-13-31-14-12-30/h9-10,15-16H,2-8,11-14H2,1H3,(H2,24,25,26,27,28)/t15-,16-. The molecule has 0 atom stereocenters. The summed E-state index contributed by atoms with van der Waals surface area (Å²) in [4.78, 5) is 15.0. The van der Waals surface area contributed by atoms with Gasteiger partial charge in [0.2, 0.25) is 5.95 Å². The number of anilines is 3. The zero-order valence-corrected chi connectivity index (χ0v) is 19.5. The molecule has 2 fully saturated rings. The normalized spacial score (nSPS) is 24.0. The third-order valence-electron chi connectivity index (χ3n) is 7.12. The molecule has 2 aliphatic carbocycles. The number of aryl methyl sites for hydroxylation is 3. The second-order valence-corrected chi connectivity index (χ2v) is 10.3. The Bertz CT molecular complexity index is 1100. The molecule has 4 heterocycles. The zero-order chi connectivity index (χ0) is 21.5. The first-order valence-corrected chi connectivity index (χ1v) is 12.7. The van der Waals surface area contributed by atoms with E-state index in [1.54, 1.807) is 4.68 Å². The van der Waals surface area contributed by atoms with Crippen molar-refractivity contribution in [3.05, 3.63) is 22.7 Å². The maximum Gasteiger partial charge on any atom is 0.231 e. The van der Waals surface area contributed by atoms with Crippen molar-refractivity contribution in [3.8, 4) is 0 Å². The van der Waals surface area contributed by atoms with Crippen molar-refractivity contribution < 1.29 is 4.74 Å². The molecule has 1 aliphatic heterocycles. The number of hydrogen-bond donors (Lipinski definition) is 2. The molecule has 0 radical (unpaired) electrons. The number of thiophene rings is 1. The fourth-order valence-electron chi connectivity index (χ4n) is 5.47. The van der Waals surface area contributed by atoms with Gasteiger partial charge in [-0.2, -0.15) is 10.1 Å². The van der Waals surface area contributed by atoms with Crippen LogP contribution in [-0.2, 0) is 24.6 Å². The summed E-state index contributed by atoms with van der Waals surface area (Å²) >= 11 is 1.84. The Morgan fingerprint density at radius 1 is 1.09 bits per heavy atom. The van der Waals surface area contributed by atoms with Gasteiger partial charge in [-0.05, 0) is 50.5 Å². The third kappa shape index (κ3) is 3.97. The van der Waals surface area contributed by atoms with E-state index in [4.69, 9.17) is 14.7 Å². The lowest BCUT2D eigenvalue weighted by atomic mass is 9.90. The van der Waals surface area contributed by atoms with E-state index in [1.165, 1.54) is 54.4 Å². The Morgan fingerprint density at radius 3 is 2.72 bits per heavy atom. The number of hydrogen-bond acceptors (Lipinski definition) is 8. The number of nitrogens with zero attached hydrogens (tertiary/aromatic N) is 5. The number of fused-ring (bicyclic) bond motifs is 3. The summed E-state index contributed by atoms with van der Waals surface area (Å²) in [5.41, 5.74) is 1.47. The highest BCUT2D eigenvalue weighted by atomic mass is 32.1. The Labute approximate surface area is 192 Å². The molecule has 1 saturated carbocycles. The van der Waals surface area contributed by atoms with Crippen molar-refractivity contribution in [2.24, 2.45) is 7.05 Å². The molecular formula is C23H31N7OS. The average Bonchev–Trinajstić information content (AvgIpc) is 3.51. The van der Waals surface area contributed by atoms with Crippen LogP contribution in [0.2, 0.25) is 0 Å². The van der Waals surface area contributed by atoms with Gasteiger partial charge in [-0.3, -0.25) is 9.58 Å². The van der Waals surface area contributed by atoms with Crippen molar-refractivity contribution in [2.75, 3.05) is 36.9 Å². The van der Waals surface area contributed by atoms with Gasteiger partial charge in [0.15, 0.2) is 5.82 Å². The topological polar surface area (TPSA) is 80.1 Å². The molecule has 0 amide bonds. The van der Waals surface area contributed by atoms with E-state index in [0.29, 0.717) is 18.0 Å². The molecule has 170 valence electrons. The van der Waals surface area contributed by atoms with Gasteiger partial charge >= 0.3 is 0 Å². The second-order valence-electron chi connectivity index (χ2n) is 9.23. The van der Waals surface area contributed by atoms with E-state index in [1.807, 2.05) is 30.6 Å². The van der Waals surface area contributed by atoms with Crippen LogP contribution < -0.4 is 10.6 Å². The molecule has 0 bridgehead atoms. The monoisotopic (exact) mass is 453 g/mol. The van der Waals surface area contributed by atoms with E-state index < -0.39 is 0 Å². The summed E-state index contributed by atoms with van der Waals surface area (Å²) in [7, 11) is 1.92. The number of ether oxygens (including phenoxy) is 1. The van der Waals surface area contributed by atoms with E-state index >= 15 is 0 Å². The fourth-order valence-corrected chi connectivity index (χ4v) is 6.73. The van der Waals surface area contributed by atoms with Crippen LogP contribution in [0, 0.1) is 0 Å². The molecule has 8 nitrogen and oxygen atoms in total. The highest BCUT2D eigenvalue weighted by molar-refractivity contribution is 7.19. The predicted molar refractivity (Wildman–Crippen MR) is 128 cm³/mol. The SMILES string of the molecule is Cn1ccc(Nc2nc(N[C@H]3CC[C@H](N4CCOCC4)CC3)c3c4c(sc3n2)CCC4)n1. The van der Waals surface area contributed by atoms with Gasteiger partial charge in [0.1, 0.15) is 10.6 Å². The second kappa shape index (κ2) is 8.61. The fraction of sp³-hybridized carbons (Fsp3) is 0.609. The maximum absolute atomic E-state index is 5.54. The Hall–Kier alpha value is -2.23. The molecule has 3 aromatic rings. The van der Waals surface area contributed by atoms with E-state index in [-0.39, 0.29) is 0 Å². The summed E-state index contributed by atoms with van der Waals surface area (Å²) in [6.07, 6.45) is 10.3. The van der Waals surface area contributed by atoms with Gasteiger partial charge in [0.05, 0.1) is 18.6 Å². The van der Waals surface area contributed by atoms with Crippen LogP contribution in [0.4, 0.5) is 17.6 Å². The summed E-state index contributed by atoms with van der Waals surface area (Å²) < 4.78 is 7.32. The van der Waals surface area contributed by atoms with Gasteiger partial charge in [-0.15, -0.1) is 11.3 Å². The van der Waals surface area contributed by atoms with Gasteiger partial charge in [-0.25, -0.2) is 4.98 Å². The van der Waals surface area contributed by atoms with Crippen LogP contribution >= 0.6 is 11.3 Å². The van der Waals surface area contributed by atoms with Crippen LogP contribution in [0.1, 0.15) is 42.5 Å². The van der Waals surface area contributed by atoms with Gasteiger partial charge in [0.25, 0.3) is 0 Å². The van der Waals surface area contributed by atoms with Gasteiger partial charge in [0, 0.05) is 49.4 Å². The molecule has 3 aromatic heterocycles. The lowest BCUT2D eigenvalue weighted by Gasteiger charge is -2.39. The van der Waals surface area contributed by atoms with Crippen LogP contribution in [0.3, 0.4) is 0 Å². The van der Waals surface area contributed by atoms with Crippen molar-refractivity contribution >= 4 is 39.1 Å². The van der Waals surface area contributed by atoms with Crippen molar-refractivity contribution in [3.63, 3.8) is 0 Å². The number of nitrogens with one attached hydrogen (secondary N) is 2. The zero-order valence-electron chi connectivity index (χ0n) is 18.6. The molecular weight excluding hydrogens is 422 g/mol. The van der Waals surface area contributed by atoms with Crippen LogP contribution in [0.15, 0.2) is 12.3 Å². The number of rotatable bonds is 5. The maximum atomic E-state index is 5.54. The molecule has 0 unspecified atom stereocenters. The molecule has 32 heavy (non-hydrogen) atoms. The van der Waals surface area contributed by atoms with Crippen LogP contribution in [0.5, 0.6) is 0 Å². The van der Waals surface area contributed by atoms with E-state index in [0.717, 1.165) is 49.2 Å². The smallest absolute Gasteiger partial charge is 0.231 e. The minimum atomic E-state index is 0.463. The highest BCUT2D eigenvalue weighted by Gasteiger charge is 2.29.